The maximum absolute atomic E-state index is 6.00. The summed E-state index contributed by atoms with van der Waals surface area (Å²) in [6.07, 6.45) is 0. The van der Waals surface area contributed by atoms with E-state index < -0.39 is 0 Å². The molecule has 1 aromatic carbocycles. The lowest BCUT2D eigenvalue weighted by atomic mass is 9.99. The number of likely N-dealkylation sites (N-methyl/N-ethyl adjacent to an activating group) is 1. The van der Waals surface area contributed by atoms with E-state index in [1.807, 2.05) is 19.9 Å². The van der Waals surface area contributed by atoms with Crippen LogP contribution in [0, 0.1) is 6.92 Å². The summed E-state index contributed by atoms with van der Waals surface area (Å²) in [6.45, 7) is 11.1. The molecule has 0 bridgehead atoms. The Bertz CT molecular complexity index is 358. The van der Waals surface area contributed by atoms with Crippen LogP contribution in [0.15, 0.2) is 30.4 Å². The highest BCUT2D eigenvalue weighted by Gasteiger charge is 2.11. The van der Waals surface area contributed by atoms with Gasteiger partial charge in [0, 0.05) is 5.02 Å². The predicted molar refractivity (Wildman–Crippen MR) is 67.4 cm³/mol. The summed E-state index contributed by atoms with van der Waals surface area (Å²) < 4.78 is 0. The van der Waals surface area contributed by atoms with Gasteiger partial charge in [-0.05, 0) is 37.6 Å². The van der Waals surface area contributed by atoms with Crippen LogP contribution in [0.4, 0.5) is 0 Å². The lowest BCUT2D eigenvalue weighted by molar-refractivity contribution is 0.621. The maximum Gasteiger partial charge on any atom is 0.0530 e. The van der Waals surface area contributed by atoms with Crippen LogP contribution in [-0.4, -0.2) is 6.54 Å². The first-order valence-corrected chi connectivity index (χ1v) is 5.59. The molecule has 0 saturated carbocycles. The van der Waals surface area contributed by atoms with Crippen molar-refractivity contribution in [2.75, 3.05) is 6.54 Å². The highest BCUT2D eigenvalue weighted by atomic mass is 35.5. The van der Waals surface area contributed by atoms with E-state index >= 15 is 0 Å². The monoisotopic (exact) mass is 223 g/mol. The minimum atomic E-state index is 0.228. The maximum atomic E-state index is 6.00. The van der Waals surface area contributed by atoms with Crippen molar-refractivity contribution in [2.45, 2.75) is 26.8 Å². The van der Waals surface area contributed by atoms with E-state index in [2.05, 4.69) is 31.0 Å². The molecule has 1 unspecified atom stereocenters. The lowest BCUT2D eigenvalue weighted by Crippen LogP contribution is -2.21. The third-order valence-electron chi connectivity index (χ3n) is 2.42. The Hall–Kier alpha value is -0.790. The molecule has 1 atom stereocenters. The van der Waals surface area contributed by atoms with Gasteiger partial charge in [0.2, 0.25) is 0 Å². The summed E-state index contributed by atoms with van der Waals surface area (Å²) in [5, 5.41) is 4.22. The first-order chi connectivity index (χ1) is 7.06. The topological polar surface area (TPSA) is 12.0 Å². The van der Waals surface area contributed by atoms with E-state index in [0.717, 1.165) is 22.7 Å². The normalized spacial score (nSPS) is 12.5. The van der Waals surface area contributed by atoms with Crippen molar-refractivity contribution in [1.82, 2.24) is 5.32 Å². The Labute approximate surface area is 97.1 Å². The van der Waals surface area contributed by atoms with E-state index in [1.165, 1.54) is 5.56 Å². The fraction of sp³-hybridized carbons (Fsp3) is 0.385. The van der Waals surface area contributed by atoms with Gasteiger partial charge in [-0.15, -0.1) is 0 Å². The molecule has 0 saturated heterocycles. The van der Waals surface area contributed by atoms with Crippen LogP contribution < -0.4 is 5.32 Å². The van der Waals surface area contributed by atoms with E-state index in [4.69, 9.17) is 11.6 Å². The molecule has 1 N–H and O–H groups in total. The molecule has 15 heavy (non-hydrogen) atoms. The number of benzene rings is 1. The zero-order valence-electron chi connectivity index (χ0n) is 9.60. The quantitative estimate of drug-likeness (QED) is 0.764. The SMILES string of the molecule is C=C(C)C(NCC)c1ccc(Cl)c(C)c1. The van der Waals surface area contributed by atoms with Gasteiger partial charge < -0.3 is 5.32 Å². The summed E-state index contributed by atoms with van der Waals surface area (Å²) in [7, 11) is 0. The van der Waals surface area contributed by atoms with Gasteiger partial charge in [-0.1, -0.05) is 42.8 Å². The standard InChI is InChI=1S/C13H18ClN/c1-5-15-13(9(2)3)11-6-7-12(14)10(4)8-11/h6-8,13,15H,2,5H2,1,3-4H3. The predicted octanol–water partition coefficient (Wildman–Crippen LogP) is 3.88. The van der Waals surface area contributed by atoms with Crippen LogP contribution in [0.25, 0.3) is 0 Å². The Morgan fingerprint density at radius 1 is 1.53 bits per heavy atom. The zero-order chi connectivity index (χ0) is 11.4. The van der Waals surface area contributed by atoms with Gasteiger partial charge in [0.05, 0.1) is 6.04 Å². The second-order valence-electron chi connectivity index (χ2n) is 3.85. The van der Waals surface area contributed by atoms with Crippen molar-refractivity contribution < 1.29 is 0 Å². The van der Waals surface area contributed by atoms with Gasteiger partial charge in [0.15, 0.2) is 0 Å². The Kier molecular flexibility index (Phi) is 4.37. The summed E-state index contributed by atoms with van der Waals surface area (Å²) in [6, 6.07) is 6.34. The molecular formula is C13H18ClN. The van der Waals surface area contributed by atoms with Crippen molar-refractivity contribution in [3.8, 4) is 0 Å². The van der Waals surface area contributed by atoms with E-state index in [9.17, 15) is 0 Å². The number of halogens is 1. The summed E-state index contributed by atoms with van der Waals surface area (Å²) in [5.74, 6) is 0. The van der Waals surface area contributed by atoms with Crippen molar-refractivity contribution in [3.63, 3.8) is 0 Å². The van der Waals surface area contributed by atoms with E-state index in [-0.39, 0.29) is 6.04 Å². The van der Waals surface area contributed by atoms with Crippen LogP contribution in [0.2, 0.25) is 5.02 Å². The molecule has 0 heterocycles. The van der Waals surface area contributed by atoms with E-state index in [1.54, 1.807) is 0 Å². The molecule has 0 aliphatic heterocycles. The van der Waals surface area contributed by atoms with Crippen molar-refractivity contribution >= 4 is 11.6 Å². The van der Waals surface area contributed by atoms with Crippen LogP contribution in [0.3, 0.4) is 0 Å². The average Bonchev–Trinajstić information content (AvgIpc) is 2.18. The fourth-order valence-electron chi connectivity index (χ4n) is 1.63. The molecule has 0 aromatic heterocycles. The lowest BCUT2D eigenvalue weighted by Gasteiger charge is -2.19. The van der Waals surface area contributed by atoms with Crippen LogP contribution in [-0.2, 0) is 0 Å². The molecule has 0 aliphatic rings. The van der Waals surface area contributed by atoms with E-state index in [0.29, 0.717) is 0 Å². The largest absolute Gasteiger partial charge is 0.307 e. The van der Waals surface area contributed by atoms with Crippen molar-refractivity contribution in [2.24, 2.45) is 0 Å². The minimum absolute atomic E-state index is 0.228. The van der Waals surface area contributed by atoms with Gasteiger partial charge in [0.25, 0.3) is 0 Å². The number of rotatable bonds is 4. The van der Waals surface area contributed by atoms with Crippen LogP contribution in [0.5, 0.6) is 0 Å². The molecule has 0 fully saturated rings. The first-order valence-electron chi connectivity index (χ1n) is 5.21. The van der Waals surface area contributed by atoms with Gasteiger partial charge in [-0.25, -0.2) is 0 Å². The van der Waals surface area contributed by atoms with Crippen LogP contribution in [0.1, 0.15) is 31.0 Å². The third-order valence-corrected chi connectivity index (χ3v) is 2.84. The molecule has 0 radical (unpaired) electrons. The number of hydrogen-bond acceptors (Lipinski definition) is 1. The number of hydrogen-bond donors (Lipinski definition) is 1. The second-order valence-corrected chi connectivity index (χ2v) is 4.25. The highest BCUT2D eigenvalue weighted by Crippen LogP contribution is 2.24. The average molecular weight is 224 g/mol. The molecule has 0 spiro atoms. The summed E-state index contributed by atoms with van der Waals surface area (Å²) in [5.41, 5.74) is 3.46. The van der Waals surface area contributed by atoms with Crippen molar-refractivity contribution in [3.05, 3.63) is 46.5 Å². The van der Waals surface area contributed by atoms with Gasteiger partial charge in [0.1, 0.15) is 0 Å². The first kappa shape index (κ1) is 12.3. The molecule has 0 amide bonds. The molecule has 82 valence electrons. The van der Waals surface area contributed by atoms with Gasteiger partial charge in [-0.2, -0.15) is 0 Å². The minimum Gasteiger partial charge on any atom is -0.307 e. The molecular weight excluding hydrogens is 206 g/mol. The summed E-state index contributed by atoms with van der Waals surface area (Å²) in [4.78, 5) is 0. The molecule has 1 aromatic rings. The van der Waals surface area contributed by atoms with Crippen molar-refractivity contribution in [1.29, 1.82) is 0 Å². The number of nitrogens with one attached hydrogen (secondary N) is 1. The van der Waals surface area contributed by atoms with Crippen LogP contribution >= 0.6 is 11.6 Å². The summed E-state index contributed by atoms with van der Waals surface area (Å²) >= 11 is 6.00. The third kappa shape index (κ3) is 3.08. The highest BCUT2D eigenvalue weighted by molar-refractivity contribution is 6.31. The Morgan fingerprint density at radius 2 is 2.20 bits per heavy atom. The molecule has 1 nitrogen and oxygen atoms in total. The molecule has 0 aliphatic carbocycles. The second kappa shape index (κ2) is 5.34. The number of aryl methyl sites for hydroxylation is 1. The molecule has 2 heteroatoms. The zero-order valence-corrected chi connectivity index (χ0v) is 10.4. The Balaban J connectivity index is 3.01. The molecule has 1 rings (SSSR count). The van der Waals surface area contributed by atoms with Gasteiger partial charge >= 0.3 is 0 Å². The smallest absolute Gasteiger partial charge is 0.0530 e. The van der Waals surface area contributed by atoms with Gasteiger partial charge in [-0.3, -0.25) is 0 Å². The Morgan fingerprint density at radius 3 is 2.67 bits per heavy atom. The fourth-order valence-corrected chi connectivity index (χ4v) is 1.75.